The molecule has 0 amide bonds. The number of non-ortho nitro benzene ring substituents is 1. The lowest BCUT2D eigenvalue weighted by molar-refractivity contribution is -0.385. The molecule has 0 bridgehead atoms. The van der Waals surface area contributed by atoms with Gasteiger partial charge >= 0.3 is 5.97 Å². The van der Waals surface area contributed by atoms with Gasteiger partial charge in [0.15, 0.2) is 0 Å². The zero-order valence-corrected chi connectivity index (χ0v) is 9.53. The minimum Gasteiger partial charge on any atom is -0.466 e. The summed E-state index contributed by atoms with van der Waals surface area (Å²) in [5, 5.41) is 10.6. The van der Waals surface area contributed by atoms with E-state index in [1.807, 2.05) is 0 Å². The molecule has 5 nitrogen and oxygen atoms in total. The molecule has 0 heterocycles. The van der Waals surface area contributed by atoms with Crippen molar-refractivity contribution in [3.8, 4) is 0 Å². The lowest BCUT2D eigenvalue weighted by atomic mass is 10.0. The Balaban J connectivity index is 3.05. The average molecular weight is 241 g/mol. The van der Waals surface area contributed by atoms with E-state index in [1.165, 1.54) is 13.0 Å². The summed E-state index contributed by atoms with van der Waals surface area (Å²) in [6, 6.07) is 2.03. The first kappa shape index (κ1) is 13.1. The predicted molar refractivity (Wildman–Crippen MR) is 58.1 cm³/mol. The normalized spacial score (nSPS) is 10.1. The van der Waals surface area contributed by atoms with Crippen LogP contribution < -0.4 is 0 Å². The quantitative estimate of drug-likeness (QED) is 0.460. The fourth-order valence-electron chi connectivity index (χ4n) is 1.38. The molecular formula is C11H12FNO4. The Morgan fingerprint density at radius 2 is 2.18 bits per heavy atom. The number of nitrogens with zero attached hydrogens (tertiary/aromatic N) is 1. The zero-order valence-electron chi connectivity index (χ0n) is 9.53. The van der Waals surface area contributed by atoms with E-state index in [4.69, 9.17) is 4.74 Å². The molecule has 1 aromatic carbocycles. The number of benzene rings is 1. The SMILES string of the molecule is CCOC(=O)Cc1cc([N+](=O)[O-])cc(F)c1C. The van der Waals surface area contributed by atoms with Crippen molar-refractivity contribution in [2.45, 2.75) is 20.3 Å². The van der Waals surface area contributed by atoms with Gasteiger partial charge in [0.2, 0.25) is 0 Å². The van der Waals surface area contributed by atoms with E-state index in [-0.39, 0.29) is 29.8 Å². The molecule has 1 rings (SSSR count). The number of esters is 1. The number of rotatable bonds is 4. The van der Waals surface area contributed by atoms with E-state index >= 15 is 0 Å². The van der Waals surface area contributed by atoms with Crippen molar-refractivity contribution in [3.05, 3.63) is 39.2 Å². The fourth-order valence-corrected chi connectivity index (χ4v) is 1.38. The molecule has 0 aliphatic heterocycles. The molecule has 1 aromatic rings. The van der Waals surface area contributed by atoms with Crippen LogP contribution in [0.4, 0.5) is 10.1 Å². The molecule has 0 aromatic heterocycles. The van der Waals surface area contributed by atoms with Gasteiger partial charge in [-0.2, -0.15) is 0 Å². The Morgan fingerprint density at radius 3 is 2.71 bits per heavy atom. The van der Waals surface area contributed by atoms with Crippen molar-refractivity contribution >= 4 is 11.7 Å². The van der Waals surface area contributed by atoms with Crippen molar-refractivity contribution in [1.29, 1.82) is 0 Å². The van der Waals surface area contributed by atoms with Gasteiger partial charge in [-0.15, -0.1) is 0 Å². The lowest BCUT2D eigenvalue weighted by Gasteiger charge is -2.06. The first-order valence-electron chi connectivity index (χ1n) is 5.04. The molecule has 0 aliphatic rings. The molecule has 92 valence electrons. The molecule has 0 aliphatic carbocycles. The van der Waals surface area contributed by atoms with E-state index < -0.39 is 16.7 Å². The van der Waals surface area contributed by atoms with Crippen molar-refractivity contribution in [2.24, 2.45) is 0 Å². The molecular weight excluding hydrogens is 229 g/mol. The molecule has 0 atom stereocenters. The van der Waals surface area contributed by atoms with Gasteiger partial charge in [0, 0.05) is 6.07 Å². The van der Waals surface area contributed by atoms with E-state index in [2.05, 4.69) is 0 Å². The number of carbonyl (C=O) groups is 1. The summed E-state index contributed by atoms with van der Waals surface area (Å²) < 4.78 is 18.1. The third-order valence-corrected chi connectivity index (χ3v) is 2.29. The number of nitro benzene ring substituents is 1. The summed E-state index contributed by atoms with van der Waals surface area (Å²) in [4.78, 5) is 21.1. The first-order valence-corrected chi connectivity index (χ1v) is 5.04. The Kier molecular flexibility index (Phi) is 4.14. The molecule has 0 saturated carbocycles. The van der Waals surface area contributed by atoms with Gasteiger partial charge in [-0.1, -0.05) is 0 Å². The van der Waals surface area contributed by atoms with Gasteiger partial charge in [0.25, 0.3) is 5.69 Å². The second kappa shape index (κ2) is 5.38. The maximum Gasteiger partial charge on any atom is 0.310 e. The topological polar surface area (TPSA) is 69.4 Å². The second-order valence-corrected chi connectivity index (χ2v) is 3.45. The van der Waals surface area contributed by atoms with Crippen LogP contribution >= 0.6 is 0 Å². The van der Waals surface area contributed by atoms with Crippen molar-refractivity contribution < 1.29 is 18.8 Å². The van der Waals surface area contributed by atoms with Crippen LogP contribution in [0.3, 0.4) is 0 Å². The molecule has 0 N–H and O–H groups in total. The monoisotopic (exact) mass is 241 g/mol. The first-order chi connectivity index (χ1) is 7.95. The molecule has 0 spiro atoms. The van der Waals surface area contributed by atoms with Gasteiger partial charge in [-0.05, 0) is 25.0 Å². The third kappa shape index (κ3) is 3.24. The number of ether oxygens (including phenoxy) is 1. The van der Waals surface area contributed by atoms with E-state index in [9.17, 15) is 19.3 Å². The van der Waals surface area contributed by atoms with E-state index in [0.717, 1.165) is 6.07 Å². The summed E-state index contributed by atoms with van der Waals surface area (Å²) in [5.41, 5.74) is 0.131. The average Bonchev–Trinajstić information content (AvgIpc) is 2.24. The highest BCUT2D eigenvalue weighted by atomic mass is 19.1. The number of hydrogen-bond acceptors (Lipinski definition) is 4. The minimum absolute atomic E-state index is 0.168. The van der Waals surface area contributed by atoms with Crippen LogP contribution in [0, 0.1) is 22.9 Å². The number of hydrogen-bond donors (Lipinski definition) is 0. The highest BCUT2D eigenvalue weighted by molar-refractivity contribution is 5.73. The highest BCUT2D eigenvalue weighted by Crippen LogP contribution is 2.21. The van der Waals surface area contributed by atoms with E-state index in [0.29, 0.717) is 0 Å². The lowest BCUT2D eigenvalue weighted by Crippen LogP contribution is -2.09. The van der Waals surface area contributed by atoms with Crippen molar-refractivity contribution in [3.63, 3.8) is 0 Å². The Morgan fingerprint density at radius 1 is 1.53 bits per heavy atom. The molecule has 6 heteroatoms. The standard InChI is InChI=1S/C11H12FNO4/c1-3-17-11(14)5-8-4-9(13(15)16)6-10(12)7(8)2/h4,6H,3,5H2,1-2H3. The Bertz CT molecular complexity index is 459. The van der Waals surface area contributed by atoms with Crippen LogP contribution in [-0.2, 0) is 16.0 Å². The van der Waals surface area contributed by atoms with E-state index in [1.54, 1.807) is 6.92 Å². The number of nitro groups is 1. The maximum absolute atomic E-state index is 13.4. The van der Waals surface area contributed by atoms with Gasteiger partial charge in [-0.3, -0.25) is 14.9 Å². The van der Waals surface area contributed by atoms with Crippen LogP contribution in [0.2, 0.25) is 0 Å². The summed E-state index contributed by atoms with van der Waals surface area (Å²) in [6.07, 6.45) is -0.168. The smallest absolute Gasteiger partial charge is 0.310 e. The van der Waals surface area contributed by atoms with Crippen LogP contribution in [0.25, 0.3) is 0 Å². The minimum atomic E-state index is -0.697. The predicted octanol–water partition coefficient (Wildman–Crippen LogP) is 2.15. The van der Waals surface area contributed by atoms with Crippen LogP contribution in [0.15, 0.2) is 12.1 Å². The number of halogens is 1. The zero-order chi connectivity index (χ0) is 13.0. The van der Waals surface area contributed by atoms with Gasteiger partial charge in [0.1, 0.15) is 5.82 Å². The molecule has 0 unspecified atom stereocenters. The van der Waals surface area contributed by atoms with Gasteiger partial charge < -0.3 is 4.74 Å². The Hall–Kier alpha value is -1.98. The van der Waals surface area contributed by atoms with Crippen molar-refractivity contribution in [2.75, 3.05) is 6.61 Å². The summed E-state index contributed by atoms with van der Waals surface area (Å²) >= 11 is 0. The molecule has 17 heavy (non-hydrogen) atoms. The van der Waals surface area contributed by atoms with Crippen LogP contribution in [-0.4, -0.2) is 17.5 Å². The molecule has 0 saturated heterocycles. The number of carbonyl (C=O) groups excluding carboxylic acids is 1. The Labute approximate surface area is 97.3 Å². The van der Waals surface area contributed by atoms with Crippen LogP contribution in [0.1, 0.15) is 18.1 Å². The van der Waals surface area contributed by atoms with Gasteiger partial charge in [-0.25, -0.2) is 4.39 Å². The maximum atomic E-state index is 13.4. The summed E-state index contributed by atoms with van der Waals surface area (Å²) in [6.45, 7) is 3.34. The molecule has 0 fully saturated rings. The van der Waals surface area contributed by atoms with Crippen LogP contribution in [0.5, 0.6) is 0 Å². The van der Waals surface area contributed by atoms with Gasteiger partial charge in [0.05, 0.1) is 24.0 Å². The van der Waals surface area contributed by atoms with Crippen molar-refractivity contribution in [1.82, 2.24) is 0 Å². The molecule has 0 radical (unpaired) electrons. The largest absolute Gasteiger partial charge is 0.466 e. The third-order valence-electron chi connectivity index (χ3n) is 2.29. The highest BCUT2D eigenvalue weighted by Gasteiger charge is 2.16. The fraction of sp³-hybridized carbons (Fsp3) is 0.364. The summed E-state index contributed by atoms with van der Waals surface area (Å²) in [5.74, 6) is -1.23. The second-order valence-electron chi connectivity index (χ2n) is 3.45. The summed E-state index contributed by atoms with van der Waals surface area (Å²) in [7, 11) is 0.